The van der Waals surface area contributed by atoms with E-state index in [0.29, 0.717) is 17.1 Å². The largest absolute Gasteiger partial charge is 0.496 e. The van der Waals surface area contributed by atoms with Gasteiger partial charge in [-0.05, 0) is 31.2 Å². The Morgan fingerprint density at radius 3 is 2.48 bits per heavy atom. The lowest BCUT2D eigenvalue weighted by Gasteiger charge is -2.10. The highest BCUT2D eigenvalue weighted by atomic mass is 32.2. The molecule has 0 aliphatic carbocycles. The Kier molecular flexibility index (Phi) is 4.82. The number of hydrogen-bond donors (Lipinski definition) is 1. The summed E-state index contributed by atoms with van der Waals surface area (Å²) in [6.07, 6.45) is 0. The smallest absolute Gasteiger partial charge is 0.244 e. The van der Waals surface area contributed by atoms with Crippen molar-refractivity contribution in [1.29, 1.82) is 0 Å². The molecule has 0 fully saturated rings. The minimum absolute atomic E-state index is 0.167. The summed E-state index contributed by atoms with van der Waals surface area (Å²) in [4.78, 5) is 4.45. The number of benzene rings is 2. The van der Waals surface area contributed by atoms with E-state index in [1.807, 2.05) is 12.1 Å². The van der Waals surface area contributed by atoms with Crippen molar-refractivity contribution in [3.63, 3.8) is 0 Å². The topological polar surface area (TPSA) is 94.3 Å². The van der Waals surface area contributed by atoms with Crippen LogP contribution in [0.25, 0.3) is 11.4 Å². The van der Waals surface area contributed by atoms with Crippen LogP contribution in [-0.2, 0) is 10.0 Å². The summed E-state index contributed by atoms with van der Waals surface area (Å²) in [6.45, 7) is 1.64. The lowest BCUT2D eigenvalue weighted by Crippen LogP contribution is -2.27. The highest BCUT2D eigenvalue weighted by Gasteiger charge is 2.23. The van der Waals surface area contributed by atoms with Crippen molar-refractivity contribution in [1.82, 2.24) is 14.9 Å². The first-order valence-electron chi connectivity index (χ1n) is 7.55. The Morgan fingerprint density at radius 2 is 1.76 bits per heavy atom. The van der Waals surface area contributed by atoms with Gasteiger partial charge in [-0.3, -0.25) is 0 Å². The van der Waals surface area contributed by atoms with Crippen LogP contribution in [0.2, 0.25) is 0 Å². The van der Waals surface area contributed by atoms with Gasteiger partial charge in [-0.15, -0.1) is 0 Å². The molecule has 8 heteroatoms. The van der Waals surface area contributed by atoms with Crippen LogP contribution in [0.4, 0.5) is 0 Å². The molecular formula is C17H17N3O4S. The molecule has 0 aliphatic heterocycles. The maximum absolute atomic E-state index is 12.4. The Hall–Kier alpha value is -2.71. The van der Waals surface area contributed by atoms with Gasteiger partial charge < -0.3 is 9.26 Å². The molecule has 3 aromatic rings. The van der Waals surface area contributed by atoms with Crippen LogP contribution in [0.1, 0.15) is 18.9 Å². The Balaban J connectivity index is 1.83. The SMILES string of the molecule is COc1ccccc1-c1noc([C@H](C)NS(=O)(=O)c2ccccc2)n1. The van der Waals surface area contributed by atoms with Gasteiger partial charge in [-0.1, -0.05) is 35.5 Å². The molecule has 0 unspecified atom stereocenters. The van der Waals surface area contributed by atoms with Crippen molar-refractivity contribution >= 4 is 10.0 Å². The van der Waals surface area contributed by atoms with Crippen LogP contribution in [0.15, 0.2) is 64.0 Å². The van der Waals surface area contributed by atoms with Crippen molar-refractivity contribution in [3.8, 4) is 17.1 Å². The van der Waals surface area contributed by atoms with Crippen LogP contribution in [0.5, 0.6) is 5.75 Å². The molecule has 130 valence electrons. The highest BCUT2D eigenvalue weighted by molar-refractivity contribution is 7.89. The third-order valence-electron chi connectivity index (χ3n) is 3.55. The van der Waals surface area contributed by atoms with Gasteiger partial charge in [0.2, 0.25) is 21.7 Å². The fourth-order valence-corrected chi connectivity index (χ4v) is 3.52. The van der Waals surface area contributed by atoms with Crippen LogP contribution in [0.3, 0.4) is 0 Å². The molecule has 0 bridgehead atoms. The number of nitrogens with zero attached hydrogens (tertiary/aromatic N) is 2. The second-order valence-electron chi connectivity index (χ2n) is 5.31. The number of ether oxygens (including phenoxy) is 1. The van der Waals surface area contributed by atoms with Crippen molar-refractivity contribution in [2.24, 2.45) is 0 Å². The van der Waals surface area contributed by atoms with Crippen molar-refractivity contribution in [3.05, 3.63) is 60.5 Å². The number of para-hydroxylation sites is 1. The van der Waals surface area contributed by atoms with Crippen LogP contribution in [0, 0.1) is 0 Å². The van der Waals surface area contributed by atoms with Gasteiger partial charge in [0.15, 0.2) is 0 Å². The van der Waals surface area contributed by atoms with Crippen molar-refractivity contribution < 1.29 is 17.7 Å². The summed E-state index contributed by atoms with van der Waals surface area (Å²) >= 11 is 0. The fraction of sp³-hybridized carbons (Fsp3) is 0.176. The van der Waals surface area contributed by atoms with Gasteiger partial charge in [0.1, 0.15) is 5.75 Å². The fourth-order valence-electron chi connectivity index (χ4n) is 2.30. The second-order valence-corrected chi connectivity index (χ2v) is 7.03. The van der Waals surface area contributed by atoms with E-state index in [-0.39, 0.29) is 10.8 Å². The first-order valence-corrected chi connectivity index (χ1v) is 9.04. The van der Waals surface area contributed by atoms with E-state index in [1.54, 1.807) is 44.4 Å². The summed E-state index contributed by atoms with van der Waals surface area (Å²) in [5.74, 6) is 1.10. The lowest BCUT2D eigenvalue weighted by atomic mass is 10.2. The number of hydrogen-bond acceptors (Lipinski definition) is 6. The minimum Gasteiger partial charge on any atom is -0.496 e. The summed E-state index contributed by atoms with van der Waals surface area (Å²) in [5, 5.41) is 3.92. The molecule has 0 spiro atoms. The molecule has 1 aromatic heterocycles. The zero-order chi connectivity index (χ0) is 17.9. The van der Waals surface area contributed by atoms with E-state index in [9.17, 15) is 8.42 Å². The monoisotopic (exact) mass is 359 g/mol. The number of methoxy groups -OCH3 is 1. The summed E-state index contributed by atoms with van der Waals surface area (Å²) in [6, 6.07) is 14.7. The molecule has 0 saturated heterocycles. The van der Waals surface area contributed by atoms with Gasteiger partial charge in [-0.25, -0.2) is 8.42 Å². The molecule has 1 atom stereocenters. The van der Waals surface area contributed by atoms with Gasteiger partial charge >= 0.3 is 0 Å². The molecule has 0 saturated carbocycles. The number of rotatable bonds is 6. The average Bonchev–Trinajstić information content (AvgIpc) is 3.12. The normalized spacial score (nSPS) is 12.7. The Morgan fingerprint density at radius 1 is 1.08 bits per heavy atom. The van der Waals surface area contributed by atoms with E-state index in [1.165, 1.54) is 12.1 Å². The molecule has 1 N–H and O–H groups in total. The van der Waals surface area contributed by atoms with Gasteiger partial charge in [0.25, 0.3) is 0 Å². The molecule has 7 nitrogen and oxygen atoms in total. The third-order valence-corrected chi connectivity index (χ3v) is 5.10. The van der Waals surface area contributed by atoms with Gasteiger partial charge in [0.05, 0.1) is 23.6 Å². The van der Waals surface area contributed by atoms with E-state index in [2.05, 4.69) is 14.9 Å². The first kappa shape index (κ1) is 17.1. The molecule has 0 radical (unpaired) electrons. The number of nitrogens with one attached hydrogen (secondary N) is 1. The third kappa shape index (κ3) is 3.70. The van der Waals surface area contributed by atoms with Crippen LogP contribution < -0.4 is 9.46 Å². The Bertz CT molecular complexity index is 955. The molecule has 1 heterocycles. The standard InChI is InChI=1S/C17H17N3O4S/c1-12(20-25(21,22)13-8-4-3-5-9-13)17-18-16(19-24-17)14-10-6-7-11-15(14)23-2/h3-12,20H,1-2H3/t12-/m0/s1. The number of sulfonamides is 1. The van der Waals surface area contributed by atoms with Crippen molar-refractivity contribution in [2.45, 2.75) is 17.9 Å². The zero-order valence-electron chi connectivity index (χ0n) is 13.7. The van der Waals surface area contributed by atoms with E-state index in [0.717, 1.165) is 0 Å². The maximum atomic E-state index is 12.4. The van der Waals surface area contributed by atoms with E-state index < -0.39 is 16.1 Å². The quantitative estimate of drug-likeness (QED) is 0.727. The molecule has 0 amide bonds. The number of aromatic nitrogens is 2. The van der Waals surface area contributed by atoms with Crippen molar-refractivity contribution in [2.75, 3.05) is 7.11 Å². The Labute approximate surface area is 145 Å². The lowest BCUT2D eigenvalue weighted by molar-refractivity contribution is 0.353. The molecule has 2 aromatic carbocycles. The maximum Gasteiger partial charge on any atom is 0.244 e. The predicted octanol–water partition coefficient (Wildman–Crippen LogP) is 2.78. The summed E-state index contributed by atoms with van der Waals surface area (Å²) < 4.78 is 37.8. The zero-order valence-corrected chi connectivity index (χ0v) is 14.5. The van der Waals surface area contributed by atoms with Crippen LogP contribution in [-0.4, -0.2) is 25.7 Å². The molecule has 3 rings (SSSR count). The predicted molar refractivity (Wildman–Crippen MR) is 91.5 cm³/mol. The minimum atomic E-state index is -3.68. The first-order chi connectivity index (χ1) is 12.0. The van der Waals surface area contributed by atoms with Crippen LogP contribution >= 0.6 is 0 Å². The van der Waals surface area contributed by atoms with Gasteiger partial charge in [-0.2, -0.15) is 9.71 Å². The van der Waals surface area contributed by atoms with E-state index in [4.69, 9.17) is 9.26 Å². The summed E-state index contributed by atoms with van der Waals surface area (Å²) in [7, 11) is -2.13. The second kappa shape index (κ2) is 7.04. The molecule has 0 aliphatic rings. The highest BCUT2D eigenvalue weighted by Crippen LogP contribution is 2.28. The molecular weight excluding hydrogens is 342 g/mol. The van der Waals surface area contributed by atoms with E-state index >= 15 is 0 Å². The van der Waals surface area contributed by atoms with Gasteiger partial charge in [0, 0.05) is 0 Å². The molecule has 25 heavy (non-hydrogen) atoms. The summed E-state index contributed by atoms with van der Waals surface area (Å²) in [5.41, 5.74) is 0.665. The average molecular weight is 359 g/mol.